The van der Waals surface area contributed by atoms with Gasteiger partial charge in [0.1, 0.15) is 11.4 Å². The minimum atomic E-state index is -0.487. The fourth-order valence-electron chi connectivity index (χ4n) is 3.86. The molecule has 0 radical (unpaired) electrons. The Morgan fingerprint density at radius 3 is 2.85 bits per heavy atom. The second kappa shape index (κ2) is 6.98. The molecule has 3 aromatic rings. The summed E-state index contributed by atoms with van der Waals surface area (Å²) in [5, 5.41) is 0.341. The molecule has 3 aromatic heterocycles. The van der Waals surface area contributed by atoms with Crippen LogP contribution in [0, 0.1) is 0 Å². The number of Topliss-reactive ketones (excluding diaryl/α,β-unsaturated/α-hetero) is 1. The molecule has 0 saturated heterocycles. The monoisotopic (exact) mass is 367 g/mol. The van der Waals surface area contributed by atoms with Gasteiger partial charge in [-0.05, 0) is 30.5 Å². The van der Waals surface area contributed by atoms with Crippen LogP contribution >= 0.6 is 0 Å². The van der Waals surface area contributed by atoms with Crippen molar-refractivity contribution in [3.63, 3.8) is 0 Å². The third-order valence-electron chi connectivity index (χ3n) is 5.23. The molecule has 7 nitrogen and oxygen atoms in total. The van der Waals surface area contributed by atoms with E-state index in [0.29, 0.717) is 41.5 Å². The summed E-state index contributed by atoms with van der Waals surface area (Å²) < 4.78 is 6.99. The van der Waals surface area contributed by atoms with E-state index in [-0.39, 0.29) is 11.7 Å². The molecule has 0 aromatic carbocycles. The van der Waals surface area contributed by atoms with E-state index in [1.165, 1.54) is 10.8 Å². The summed E-state index contributed by atoms with van der Waals surface area (Å²) in [6.45, 7) is 2.57. The normalized spacial score (nSPS) is 16.6. The molecule has 0 saturated carbocycles. The predicted octanol–water partition coefficient (Wildman–Crippen LogP) is 2.78. The van der Waals surface area contributed by atoms with Crippen molar-refractivity contribution in [1.29, 1.82) is 0 Å². The van der Waals surface area contributed by atoms with Crippen molar-refractivity contribution in [2.24, 2.45) is 0 Å². The standard InChI is InChI=1S/C20H21N3O4/c1-2-3-4-7-23-18-17(19(25)22-20(23)26)13-9-12(16-6-5-8-27-16)10-15(24)14(13)11-21-18/h5-6,8,11-12H,2-4,7,9-10H2,1H3,(H,22,25,26). The fourth-order valence-corrected chi connectivity index (χ4v) is 3.86. The number of hydrogen-bond acceptors (Lipinski definition) is 5. The first kappa shape index (κ1) is 17.5. The topological polar surface area (TPSA) is 98.0 Å². The Labute approximate surface area is 155 Å². The van der Waals surface area contributed by atoms with E-state index in [0.717, 1.165) is 25.0 Å². The van der Waals surface area contributed by atoms with Gasteiger partial charge in [0.25, 0.3) is 5.56 Å². The molecule has 0 aliphatic heterocycles. The molecule has 1 aliphatic rings. The van der Waals surface area contributed by atoms with Crippen LogP contribution in [-0.4, -0.2) is 20.3 Å². The third kappa shape index (κ3) is 3.03. The van der Waals surface area contributed by atoms with Crippen LogP contribution in [0.1, 0.15) is 60.2 Å². The van der Waals surface area contributed by atoms with Crippen LogP contribution in [0.4, 0.5) is 0 Å². The molecule has 1 atom stereocenters. The van der Waals surface area contributed by atoms with Crippen molar-refractivity contribution in [3.8, 4) is 0 Å². The van der Waals surface area contributed by atoms with Crippen molar-refractivity contribution < 1.29 is 9.21 Å². The molecular weight excluding hydrogens is 346 g/mol. The van der Waals surface area contributed by atoms with Gasteiger partial charge in [-0.25, -0.2) is 9.78 Å². The van der Waals surface area contributed by atoms with Gasteiger partial charge >= 0.3 is 5.69 Å². The van der Waals surface area contributed by atoms with Crippen LogP contribution in [0.3, 0.4) is 0 Å². The highest BCUT2D eigenvalue weighted by molar-refractivity contribution is 6.02. The van der Waals surface area contributed by atoms with Crippen LogP contribution in [0.15, 0.2) is 38.6 Å². The molecule has 0 fully saturated rings. The molecule has 1 unspecified atom stereocenters. The lowest BCUT2D eigenvalue weighted by atomic mass is 9.81. The zero-order chi connectivity index (χ0) is 19.0. The first-order valence-corrected chi connectivity index (χ1v) is 9.31. The molecule has 3 heterocycles. The number of nitrogens with zero attached hydrogens (tertiary/aromatic N) is 2. The molecule has 7 heteroatoms. The number of rotatable bonds is 5. The Morgan fingerprint density at radius 2 is 2.11 bits per heavy atom. The van der Waals surface area contributed by atoms with Gasteiger partial charge in [0.2, 0.25) is 0 Å². The highest BCUT2D eigenvalue weighted by atomic mass is 16.3. The van der Waals surface area contributed by atoms with Crippen molar-refractivity contribution in [3.05, 3.63) is 62.3 Å². The minimum Gasteiger partial charge on any atom is -0.469 e. The second-order valence-corrected chi connectivity index (χ2v) is 7.01. The van der Waals surface area contributed by atoms with E-state index in [2.05, 4.69) is 16.9 Å². The number of carbonyl (C=O) groups excluding carboxylic acids is 1. The summed E-state index contributed by atoms with van der Waals surface area (Å²) in [6.07, 6.45) is 6.75. The van der Waals surface area contributed by atoms with Crippen LogP contribution in [-0.2, 0) is 13.0 Å². The number of unbranched alkanes of at least 4 members (excludes halogenated alkanes) is 2. The minimum absolute atomic E-state index is 0.0600. The van der Waals surface area contributed by atoms with Crippen LogP contribution in [0.25, 0.3) is 11.0 Å². The Kier molecular flexibility index (Phi) is 4.51. The summed E-state index contributed by atoms with van der Waals surface area (Å²) in [5.41, 5.74) is 0.531. The number of furan rings is 1. The van der Waals surface area contributed by atoms with E-state index in [1.807, 2.05) is 6.07 Å². The van der Waals surface area contributed by atoms with E-state index < -0.39 is 11.2 Å². The van der Waals surface area contributed by atoms with E-state index >= 15 is 0 Å². The smallest absolute Gasteiger partial charge is 0.329 e. The Morgan fingerprint density at radius 1 is 1.26 bits per heavy atom. The third-order valence-corrected chi connectivity index (χ3v) is 5.23. The number of nitrogens with one attached hydrogen (secondary N) is 1. The van der Waals surface area contributed by atoms with Gasteiger partial charge in [-0.3, -0.25) is 19.1 Å². The summed E-state index contributed by atoms with van der Waals surface area (Å²) in [6, 6.07) is 3.63. The first-order valence-electron chi connectivity index (χ1n) is 9.31. The Balaban J connectivity index is 1.88. The summed E-state index contributed by atoms with van der Waals surface area (Å²) >= 11 is 0. The lowest BCUT2D eigenvalue weighted by molar-refractivity contribution is 0.0960. The molecule has 140 valence electrons. The number of aromatic amines is 1. The van der Waals surface area contributed by atoms with E-state index in [4.69, 9.17) is 4.42 Å². The number of aryl methyl sites for hydroxylation is 1. The molecule has 1 N–H and O–H groups in total. The fraction of sp³-hybridized carbons (Fsp3) is 0.400. The van der Waals surface area contributed by atoms with Gasteiger partial charge in [-0.1, -0.05) is 19.8 Å². The quantitative estimate of drug-likeness (QED) is 0.699. The Hall–Kier alpha value is -2.96. The van der Waals surface area contributed by atoms with Gasteiger partial charge in [0, 0.05) is 30.6 Å². The molecule has 0 spiro atoms. The number of ketones is 1. The van der Waals surface area contributed by atoms with Crippen molar-refractivity contribution in [2.75, 3.05) is 0 Å². The van der Waals surface area contributed by atoms with Gasteiger partial charge in [-0.15, -0.1) is 0 Å². The number of H-pyrrole nitrogens is 1. The van der Waals surface area contributed by atoms with Gasteiger partial charge < -0.3 is 4.42 Å². The summed E-state index contributed by atoms with van der Waals surface area (Å²) in [4.78, 5) is 44.3. The average molecular weight is 367 g/mol. The summed E-state index contributed by atoms with van der Waals surface area (Å²) in [7, 11) is 0. The highest BCUT2D eigenvalue weighted by Crippen LogP contribution is 2.34. The van der Waals surface area contributed by atoms with Crippen molar-refractivity contribution in [1.82, 2.24) is 14.5 Å². The van der Waals surface area contributed by atoms with Crippen molar-refractivity contribution in [2.45, 2.75) is 51.5 Å². The average Bonchev–Trinajstić information content (AvgIpc) is 3.18. The highest BCUT2D eigenvalue weighted by Gasteiger charge is 2.31. The number of fused-ring (bicyclic) bond motifs is 3. The number of carbonyl (C=O) groups is 1. The summed E-state index contributed by atoms with van der Waals surface area (Å²) in [5.74, 6) is 0.548. The van der Waals surface area contributed by atoms with E-state index in [1.54, 1.807) is 12.3 Å². The second-order valence-electron chi connectivity index (χ2n) is 7.01. The molecule has 0 bridgehead atoms. The lowest BCUT2D eigenvalue weighted by Gasteiger charge is -2.23. The molecular formula is C20H21N3O4. The zero-order valence-corrected chi connectivity index (χ0v) is 15.2. The first-order chi connectivity index (χ1) is 13.1. The van der Waals surface area contributed by atoms with Crippen LogP contribution in [0.2, 0.25) is 0 Å². The van der Waals surface area contributed by atoms with Gasteiger partial charge in [0.15, 0.2) is 5.78 Å². The Bertz CT molecular complexity index is 1110. The maximum atomic E-state index is 12.6. The predicted molar refractivity (Wildman–Crippen MR) is 100 cm³/mol. The zero-order valence-electron chi connectivity index (χ0n) is 15.2. The molecule has 0 amide bonds. The maximum Gasteiger partial charge on any atom is 0.329 e. The molecule has 27 heavy (non-hydrogen) atoms. The van der Waals surface area contributed by atoms with E-state index in [9.17, 15) is 14.4 Å². The molecule has 1 aliphatic carbocycles. The van der Waals surface area contributed by atoms with Crippen LogP contribution < -0.4 is 11.2 Å². The number of aromatic nitrogens is 3. The largest absolute Gasteiger partial charge is 0.469 e. The SMILES string of the molecule is CCCCCn1c(=O)[nH]c(=O)c2c3c(cnc21)C(=O)CC(c1ccco1)C3. The van der Waals surface area contributed by atoms with Gasteiger partial charge in [0.05, 0.1) is 11.6 Å². The van der Waals surface area contributed by atoms with Gasteiger partial charge in [-0.2, -0.15) is 0 Å². The lowest BCUT2D eigenvalue weighted by Crippen LogP contribution is -2.33. The molecule has 4 rings (SSSR count). The van der Waals surface area contributed by atoms with Crippen molar-refractivity contribution >= 4 is 16.8 Å². The van der Waals surface area contributed by atoms with Crippen LogP contribution in [0.5, 0.6) is 0 Å². The number of pyridine rings is 1. The number of hydrogen-bond donors (Lipinski definition) is 1. The maximum absolute atomic E-state index is 12.6.